The van der Waals surface area contributed by atoms with E-state index in [1.54, 1.807) is 54.6 Å². The molecule has 0 aliphatic carbocycles. The number of halogens is 1. The first-order valence-corrected chi connectivity index (χ1v) is 11.2. The van der Waals surface area contributed by atoms with Crippen LogP contribution in [0, 0.1) is 0 Å². The van der Waals surface area contributed by atoms with Gasteiger partial charge in [-0.2, -0.15) is 10.2 Å². The maximum atomic E-state index is 13.6. The molecule has 6 nitrogen and oxygen atoms in total. The molecule has 5 rings (SSSR count). The van der Waals surface area contributed by atoms with Crippen LogP contribution in [0.3, 0.4) is 0 Å². The van der Waals surface area contributed by atoms with Crippen LogP contribution in [0.5, 0.6) is 0 Å². The van der Waals surface area contributed by atoms with E-state index in [2.05, 4.69) is 10.2 Å². The molecule has 8 heteroatoms. The molecular formula is C26H17ClN4O2S. The number of anilines is 2. The zero-order valence-electron chi connectivity index (χ0n) is 17.7. The van der Waals surface area contributed by atoms with E-state index in [4.69, 9.17) is 23.8 Å². The van der Waals surface area contributed by atoms with Crippen molar-refractivity contribution >= 4 is 68.6 Å². The summed E-state index contributed by atoms with van der Waals surface area (Å²) in [5.74, 6) is -1.12. The summed E-state index contributed by atoms with van der Waals surface area (Å²) in [7, 11) is 0. The number of hydrogen-bond donors (Lipinski definition) is 0. The molecule has 166 valence electrons. The van der Waals surface area contributed by atoms with Gasteiger partial charge >= 0.3 is 0 Å². The number of para-hydroxylation sites is 1. The number of rotatable bonds is 4. The van der Waals surface area contributed by atoms with E-state index in [1.807, 2.05) is 42.5 Å². The summed E-state index contributed by atoms with van der Waals surface area (Å²) in [4.78, 5) is 29.7. The molecule has 4 aromatic rings. The van der Waals surface area contributed by atoms with E-state index < -0.39 is 17.9 Å². The number of amides is 2. The normalized spacial score (nSPS) is 16.6. The highest BCUT2D eigenvalue weighted by atomic mass is 35.5. The summed E-state index contributed by atoms with van der Waals surface area (Å²) in [6, 6.07) is 27.6. The Kier molecular flexibility index (Phi) is 5.88. The molecule has 1 heterocycles. The third-order valence-corrected chi connectivity index (χ3v) is 6.03. The van der Waals surface area contributed by atoms with Gasteiger partial charge in [0.15, 0.2) is 5.11 Å². The Labute approximate surface area is 206 Å². The Balaban J connectivity index is 1.59. The van der Waals surface area contributed by atoms with E-state index in [0.717, 1.165) is 10.8 Å². The molecule has 4 aromatic carbocycles. The lowest BCUT2D eigenvalue weighted by molar-refractivity contribution is -0.128. The van der Waals surface area contributed by atoms with Gasteiger partial charge in [0, 0.05) is 5.02 Å². The summed E-state index contributed by atoms with van der Waals surface area (Å²) in [6.07, 6.45) is 0. The van der Waals surface area contributed by atoms with Crippen molar-refractivity contribution < 1.29 is 9.59 Å². The highest BCUT2D eigenvalue weighted by Crippen LogP contribution is 2.30. The first kappa shape index (κ1) is 21.9. The average Bonchev–Trinajstić information content (AvgIpc) is 2.85. The first-order chi connectivity index (χ1) is 16.5. The molecule has 1 aliphatic heterocycles. The number of carbonyl (C=O) groups excluding carboxylic acids is 2. The molecule has 34 heavy (non-hydrogen) atoms. The van der Waals surface area contributed by atoms with Gasteiger partial charge in [0.2, 0.25) is 6.04 Å². The summed E-state index contributed by atoms with van der Waals surface area (Å²) >= 11 is 11.6. The SMILES string of the molecule is O=C1C(N=Nc2ccc(Cl)cc2)C(=O)N(c2ccc3ccccc3c2)C(=S)N1c1ccccc1. The van der Waals surface area contributed by atoms with E-state index >= 15 is 0 Å². The van der Waals surface area contributed by atoms with Crippen molar-refractivity contribution in [1.82, 2.24) is 0 Å². The van der Waals surface area contributed by atoms with Crippen molar-refractivity contribution in [2.75, 3.05) is 9.80 Å². The summed E-state index contributed by atoms with van der Waals surface area (Å²) < 4.78 is 0. The molecular weight excluding hydrogens is 468 g/mol. The Morgan fingerprint density at radius 1 is 0.706 bits per heavy atom. The monoisotopic (exact) mass is 484 g/mol. The summed E-state index contributed by atoms with van der Waals surface area (Å²) in [5.41, 5.74) is 1.57. The first-order valence-electron chi connectivity index (χ1n) is 10.4. The minimum Gasteiger partial charge on any atom is -0.271 e. The number of benzene rings is 4. The van der Waals surface area contributed by atoms with Crippen LogP contribution in [0.25, 0.3) is 10.8 Å². The number of carbonyl (C=O) groups is 2. The van der Waals surface area contributed by atoms with Crippen LogP contribution in [0.2, 0.25) is 5.02 Å². The van der Waals surface area contributed by atoms with E-state index in [1.165, 1.54) is 9.80 Å². The lowest BCUT2D eigenvalue weighted by atomic mass is 10.1. The Bertz CT molecular complexity index is 1440. The second-order valence-electron chi connectivity index (χ2n) is 7.59. The predicted molar refractivity (Wildman–Crippen MR) is 138 cm³/mol. The van der Waals surface area contributed by atoms with Gasteiger partial charge in [0.05, 0.1) is 17.1 Å². The van der Waals surface area contributed by atoms with Crippen LogP contribution >= 0.6 is 23.8 Å². The van der Waals surface area contributed by atoms with Gasteiger partial charge < -0.3 is 0 Å². The van der Waals surface area contributed by atoms with Crippen molar-refractivity contribution in [3.63, 3.8) is 0 Å². The fourth-order valence-electron chi connectivity index (χ4n) is 3.74. The van der Waals surface area contributed by atoms with Crippen LogP contribution in [0.15, 0.2) is 107 Å². The molecule has 0 saturated carbocycles. The minimum atomic E-state index is -1.39. The maximum absolute atomic E-state index is 13.6. The second-order valence-corrected chi connectivity index (χ2v) is 8.39. The number of fused-ring (bicyclic) bond motifs is 1. The van der Waals surface area contributed by atoms with Crippen molar-refractivity contribution in [3.8, 4) is 0 Å². The molecule has 1 saturated heterocycles. The molecule has 1 fully saturated rings. The Morgan fingerprint density at radius 2 is 1.32 bits per heavy atom. The third kappa shape index (κ3) is 4.07. The molecule has 0 aromatic heterocycles. The number of thiocarbonyl (C=S) groups is 1. The fourth-order valence-corrected chi connectivity index (χ4v) is 4.25. The standard InChI is InChI=1S/C26H17ClN4O2S/c27-19-11-13-20(14-12-19)28-29-23-24(32)30(21-8-2-1-3-9-21)26(34)31(25(23)33)22-15-10-17-6-4-5-7-18(17)16-22/h1-16,23H. The largest absolute Gasteiger partial charge is 0.271 e. The number of hydrogen-bond acceptors (Lipinski definition) is 5. The van der Waals surface area contributed by atoms with Crippen molar-refractivity contribution in [3.05, 3.63) is 102 Å². The van der Waals surface area contributed by atoms with Gasteiger partial charge in [0.1, 0.15) is 0 Å². The fraction of sp³-hybridized carbons (Fsp3) is 0.0385. The van der Waals surface area contributed by atoms with Crippen molar-refractivity contribution in [2.24, 2.45) is 10.2 Å². The molecule has 2 amide bonds. The topological polar surface area (TPSA) is 65.3 Å². The van der Waals surface area contributed by atoms with E-state index in [-0.39, 0.29) is 5.11 Å². The lowest BCUT2D eigenvalue weighted by Gasteiger charge is -2.37. The van der Waals surface area contributed by atoms with Gasteiger partial charge in [-0.25, -0.2) is 0 Å². The van der Waals surface area contributed by atoms with Gasteiger partial charge in [-0.1, -0.05) is 60.1 Å². The van der Waals surface area contributed by atoms with E-state index in [0.29, 0.717) is 22.1 Å². The van der Waals surface area contributed by atoms with Gasteiger partial charge in [-0.15, -0.1) is 0 Å². The van der Waals surface area contributed by atoms with E-state index in [9.17, 15) is 9.59 Å². The van der Waals surface area contributed by atoms with Crippen LogP contribution in [0.4, 0.5) is 17.1 Å². The Hall–Kier alpha value is -3.94. The smallest absolute Gasteiger partial charge is 0.269 e. The number of azo groups is 1. The zero-order chi connectivity index (χ0) is 23.7. The summed E-state index contributed by atoms with van der Waals surface area (Å²) in [5, 5.41) is 10.8. The second kappa shape index (κ2) is 9.13. The van der Waals surface area contributed by atoms with Crippen LogP contribution < -0.4 is 9.80 Å². The van der Waals surface area contributed by atoms with Crippen LogP contribution in [-0.2, 0) is 9.59 Å². The van der Waals surface area contributed by atoms with Crippen molar-refractivity contribution in [2.45, 2.75) is 6.04 Å². The van der Waals surface area contributed by atoms with Gasteiger partial charge in [-0.3, -0.25) is 19.4 Å². The molecule has 0 bridgehead atoms. The summed E-state index contributed by atoms with van der Waals surface area (Å²) in [6.45, 7) is 0. The Morgan fingerprint density at radius 3 is 2.03 bits per heavy atom. The van der Waals surface area contributed by atoms with Gasteiger partial charge in [0.25, 0.3) is 11.8 Å². The predicted octanol–water partition coefficient (Wildman–Crippen LogP) is 6.31. The average molecular weight is 485 g/mol. The maximum Gasteiger partial charge on any atom is 0.269 e. The molecule has 1 unspecified atom stereocenters. The molecule has 0 radical (unpaired) electrons. The lowest BCUT2D eigenvalue weighted by Crippen LogP contribution is -2.62. The van der Waals surface area contributed by atoms with Crippen molar-refractivity contribution in [1.29, 1.82) is 0 Å². The minimum absolute atomic E-state index is 0.0643. The van der Waals surface area contributed by atoms with Crippen LogP contribution in [-0.4, -0.2) is 23.0 Å². The molecule has 1 atom stereocenters. The molecule has 0 N–H and O–H groups in total. The third-order valence-electron chi connectivity index (χ3n) is 5.41. The quantitative estimate of drug-likeness (QED) is 0.194. The highest BCUT2D eigenvalue weighted by molar-refractivity contribution is 7.81. The van der Waals surface area contributed by atoms with Crippen LogP contribution in [0.1, 0.15) is 0 Å². The number of nitrogens with zero attached hydrogens (tertiary/aromatic N) is 4. The zero-order valence-corrected chi connectivity index (χ0v) is 19.3. The molecule has 0 spiro atoms. The highest BCUT2D eigenvalue weighted by Gasteiger charge is 2.45. The van der Waals surface area contributed by atoms with Gasteiger partial charge in [-0.05, 0) is 71.5 Å². The molecule has 1 aliphatic rings.